The fourth-order valence-corrected chi connectivity index (χ4v) is 9.52. The normalized spacial score (nSPS) is 11.6. The van der Waals surface area contributed by atoms with Gasteiger partial charge in [0.1, 0.15) is 0 Å². The SMILES string of the molecule is c1ccc(-n2c3ccccc3c3cc(N(c4ccc(-c5ccc6c(c5)sc5ccccc56)cc4)c4ccc(-c5cccc6ccccc56)cc4)ccc32)cc1. The van der Waals surface area contributed by atoms with Gasteiger partial charge in [0.25, 0.3) is 0 Å². The van der Waals surface area contributed by atoms with Gasteiger partial charge < -0.3 is 9.47 Å². The van der Waals surface area contributed by atoms with E-state index in [9.17, 15) is 0 Å². The number of benzene rings is 9. The summed E-state index contributed by atoms with van der Waals surface area (Å²) in [6.07, 6.45) is 0. The van der Waals surface area contributed by atoms with Crippen molar-refractivity contribution in [3.8, 4) is 27.9 Å². The number of aromatic nitrogens is 1. The highest BCUT2D eigenvalue weighted by Crippen LogP contribution is 2.42. The number of nitrogens with zero attached hydrogens (tertiary/aromatic N) is 2. The molecule has 0 aliphatic rings. The van der Waals surface area contributed by atoms with E-state index in [0.29, 0.717) is 0 Å². The van der Waals surface area contributed by atoms with Crippen molar-refractivity contribution in [2.24, 2.45) is 0 Å². The Kier molecular flexibility index (Phi) is 7.39. The van der Waals surface area contributed by atoms with E-state index < -0.39 is 0 Å². The number of para-hydroxylation sites is 2. The van der Waals surface area contributed by atoms with Crippen LogP contribution in [0.15, 0.2) is 206 Å². The predicted molar refractivity (Wildman–Crippen MR) is 237 cm³/mol. The summed E-state index contributed by atoms with van der Waals surface area (Å²) in [7, 11) is 0. The van der Waals surface area contributed by atoms with E-state index >= 15 is 0 Å². The lowest BCUT2D eigenvalue weighted by Crippen LogP contribution is -2.10. The van der Waals surface area contributed by atoms with E-state index in [-0.39, 0.29) is 0 Å². The second-order valence-electron chi connectivity index (χ2n) is 14.2. The standard InChI is InChI=1S/C52H34N2S/c1-2-13-39(14-3-1)54-49-19-8-6-16-45(49)48-34-42(30-32-50(48)54)53(41-28-23-37(24-29-41)44-18-10-12-36-11-4-5-15-43(36)44)40-26-21-35(22-27-40)38-25-31-47-46-17-7-9-20-51(46)55-52(47)33-38/h1-34H. The molecule has 3 heteroatoms. The second kappa shape index (κ2) is 12.9. The summed E-state index contributed by atoms with van der Waals surface area (Å²) in [5, 5.41) is 7.63. The molecule has 0 spiro atoms. The molecule has 0 aliphatic heterocycles. The van der Waals surface area contributed by atoms with E-state index in [1.807, 2.05) is 11.3 Å². The Balaban J connectivity index is 1.05. The Labute approximate surface area is 323 Å². The molecule has 0 radical (unpaired) electrons. The van der Waals surface area contributed by atoms with Crippen molar-refractivity contribution in [2.45, 2.75) is 0 Å². The molecule has 0 saturated carbocycles. The van der Waals surface area contributed by atoms with Crippen molar-refractivity contribution in [1.29, 1.82) is 0 Å². The first-order valence-electron chi connectivity index (χ1n) is 18.8. The summed E-state index contributed by atoms with van der Waals surface area (Å²) in [5.74, 6) is 0. The highest BCUT2D eigenvalue weighted by Gasteiger charge is 2.18. The molecule has 0 aliphatic carbocycles. The molecule has 0 unspecified atom stereocenters. The number of hydrogen-bond acceptors (Lipinski definition) is 2. The maximum atomic E-state index is 2.39. The van der Waals surface area contributed by atoms with Crippen LogP contribution < -0.4 is 4.90 Å². The van der Waals surface area contributed by atoms with Crippen LogP contribution in [0.2, 0.25) is 0 Å². The zero-order valence-electron chi connectivity index (χ0n) is 29.9. The molecule has 11 aromatic rings. The van der Waals surface area contributed by atoms with Gasteiger partial charge in [0.05, 0.1) is 11.0 Å². The smallest absolute Gasteiger partial charge is 0.0542 e. The minimum Gasteiger partial charge on any atom is -0.310 e. The summed E-state index contributed by atoms with van der Waals surface area (Å²) < 4.78 is 5.02. The molecule has 11 rings (SSSR count). The van der Waals surface area contributed by atoms with Crippen LogP contribution in [0.1, 0.15) is 0 Å². The summed E-state index contributed by atoms with van der Waals surface area (Å²) in [4.78, 5) is 2.39. The molecule has 2 heterocycles. The first-order valence-corrected chi connectivity index (χ1v) is 19.6. The van der Waals surface area contributed by atoms with Crippen LogP contribution >= 0.6 is 11.3 Å². The monoisotopic (exact) mass is 718 g/mol. The third-order valence-corrected chi connectivity index (χ3v) is 12.1. The highest BCUT2D eigenvalue weighted by molar-refractivity contribution is 7.25. The molecular formula is C52H34N2S. The van der Waals surface area contributed by atoms with E-state index in [1.165, 1.54) is 75.0 Å². The topological polar surface area (TPSA) is 8.17 Å². The molecule has 0 saturated heterocycles. The fourth-order valence-electron chi connectivity index (χ4n) is 8.38. The van der Waals surface area contributed by atoms with Crippen LogP contribution in [0.3, 0.4) is 0 Å². The van der Waals surface area contributed by atoms with Crippen molar-refractivity contribution >= 4 is 81.1 Å². The van der Waals surface area contributed by atoms with Gasteiger partial charge in [-0.15, -0.1) is 11.3 Å². The van der Waals surface area contributed by atoms with Gasteiger partial charge in [0, 0.05) is 53.7 Å². The van der Waals surface area contributed by atoms with Gasteiger partial charge in [-0.3, -0.25) is 0 Å². The number of thiophene rings is 1. The first-order chi connectivity index (χ1) is 27.3. The molecule has 0 bridgehead atoms. The molecule has 2 nitrogen and oxygen atoms in total. The lowest BCUT2D eigenvalue weighted by Gasteiger charge is -2.26. The van der Waals surface area contributed by atoms with Crippen LogP contribution in [0.4, 0.5) is 17.1 Å². The third-order valence-electron chi connectivity index (χ3n) is 11.0. The quantitative estimate of drug-likeness (QED) is 0.166. The second-order valence-corrected chi connectivity index (χ2v) is 15.2. The lowest BCUT2D eigenvalue weighted by atomic mass is 9.98. The van der Waals surface area contributed by atoms with Gasteiger partial charge in [-0.05, 0) is 106 Å². The molecule has 9 aromatic carbocycles. The van der Waals surface area contributed by atoms with Gasteiger partial charge in [-0.1, -0.05) is 133 Å². The Morgan fingerprint density at radius 3 is 1.76 bits per heavy atom. The molecule has 258 valence electrons. The zero-order chi connectivity index (χ0) is 36.3. The van der Waals surface area contributed by atoms with Crippen molar-refractivity contribution in [1.82, 2.24) is 4.57 Å². The minimum atomic E-state index is 1.11. The molecule has 0 fully saturated rings. The van der Waals surface area contributed by atoms with Gasteiger partial charge in [-0.2, -0.15) is 0 Å². The Bertz CT molecular complexity index is 3180. The molecule has 0 amide bonds. The van der Waals surface area contributed by atoms with Crippen LogP contribution in [0.25, 0.3) is 80.7 Å². The Morgan fingerprint density at radius 1 is 0.345 bits per heavy atom. The van der Waals surface area contributed by atoms with Crippen molar-refractivity contribution in [2.75, 3.05) is 4.90 Å². The van der Waals surface area contributed by atoms with E-state index in [4.69, 9.17) is 0 Å². The molecule has 2 aromatic heterocycles. The van der Waals surface area contributed by atoms with Gasteiger partial charge in [0.15, 0.2) is 0 Å². The van der Waals surface area contributed by atoms with Crippen molar-refractivity contribution < 1.29 is 0 Å². The maximum Gasteiger partial charge on any atom is 0.0542 e. The van der Waals surface area contributed by atoms with Crippen molar-refractivity contribution in [3.05, 3.63) is 206 Å². The largest absolute Gasteiger partial charge is 0.310 e. The average Bonchev–Trinajstić information content (AvgIpc) is 3.79. The van der Waals surface area contributed by atoms with Crippen LogP contribution in [-0.2, 0) is 0 Å². The van der Waals surface area contributed by atoms with Crippen LogP contribution in [-0.4, -0.2) is 4.57 Å². The van der Waals surface area contributed by atoms with Crippen LogP contribution in [0.5, 0.6) is 0 Å². The average molecular weight is 719 g/mol. The Hall–Kier alpha value is -6.94. The number of anilines is 3. The summed E-state index contributed by atoms with van der Waals surface area (Å²) >= 11 is 1.86. The van der Waals surface area contributed by atoms with Crippen LogP contribution in [0, 0.1) is 0 Å². The van der Waals surface area contributed by atoms with Gasteiger partial charge in [0.2, 0.25) is 0 Å². The highest BCUT2D eigenvalue weighted by atomic mass is 32.1. The predicted octanol–water partition coefficient (Wildman–Crippen LogP) is 15.1. The number of hydrogen-bond donors (Lipinski definition) is 0. The summed E-state index contributed by atoms with van der Waals surface area (Å²) in [5.41, 5.74) is 11.8. The first kappa shape index (κ1) is 31.6. The lowest BCUT2D eigenvalue weighted by molar-refractivity contribution is 1.18. The Morgan fingerprint density at radius 2 is 0.945 bits per heavy atom. The fraction of sp³-hybridized carbons (Fsp3) is 0. The molecule has 0 N–H and O–H groups in total. The number of rotatable bonds is 6. The molecular weight excluding hydrogens is 685 g/mol. The third kappa shape index (κ3) is 5.32. The molecule has 55 heavy (non-hydrogen) atoms. The maximum absolute atomic E-state index is 2.39. The zero-order valence-corrected chi connectivity index (χ0v) is 30.7. The van der Waals surface area contributed by atoms with Crippen molar-refractivity contribution in [3.63, 3.8) is 0 Å². The summed E-state index contributed by atoms with van der Waals surface area (Å²) in [6.45, 7) is 0. The number of fused-ring (bicyclic) bond motifs is 7. The van der Waals surface area contributed by atoms with Gasteiger partial charge in [-0.25, -0.2) is 0 Å². The van der Waals surface area contributed by atoms with Gasteiger partial charge >= 0.3 is 0 Å². The summed E-state index contributed by atoms with van der Waals surface area (Å²) in [6, 6.07) is 75.2. The van der Waals surface area contributed by atoms with E-state index in [2.05, 4.69) is 216 Å². The van der Waals surface area contributed by atoms with E-state index in [1.54, 1.807) is 0 Å². The minimum absolute atomic E-state index is 1.11. The van der Waals surface area contributed by atoms with E-state index in [0.717, 1.165) is 22.7 Å². The molecule has 0 atom stereocenters.